The third-order valence-corrected chi connectivity index (χ3v) is 7.54. The molecular weight excluding hydrogens is 518 g/mol. The third kappa shape index (κ3) is 6.74. The highest BCUT2D eigenvalue weighted by molar-refractivity contribution is 5.80. The van der Waals surface area contributed by atoms with Gasteiger partial charge in [-0.3, -0.25) is 0 Å². The highest BCUT2D eigenvalue weighted by Gasteiger charge is 2.25. The summed E-state index contributed by atoms with van der Waals surface area (Å²) in [5, 5.41) is 0. The topological polar surface area (TPSA) is 35.4 Å². The van der Waals surface area contributed by atoms with Gasteiger partial charge in [-0.05, 0) is 83.6 Å². The average molecular weight is 550 g/mol. The fourth-order valence-electron chi connectivity index (χ4n) is 5.07. The summed E-state index contributed by atoms with van der Waals surface area (Å²) in [6.07, 6.45) is 2.27. The maximum atomic E-state index is 7.10. The largest absolute Gasteiger partial charge is 0.494 e. The lowest BCUT2D eigenvalue weighted by Gasteiger charge is -2.07. The first-order valence-corrected chi connectivity index (χ1v) is 14.4. The van der Waals surface area contributed by atoms with E-state index in [1.807, 2.05) is 36.4 Å². The lowest BCUT2D eigenvalue weighted by atomic mass is 9.97. The van der Waals surface area contributed by atoms with Gasteiger partial charge in [0.05, 0.1) is 26.4 Å². The van der Waals surface area contributed by atoms with Gasteiger partial charge in [0.15, 0.2) is 5.69 Å². The van der Waals surface area contributed by atoms with Crippen LogP contribution in [0.15, 0.2) is 84.9 Å². The Kier molecular flexibility index (Phi) is 8.35. The second-order valence-electron chi connectivity index (χ2n) is 10.6. The van der Waals surface area contributed by atoms with Crippen molar-refractivity contribution in [3.05, 3.63) is 130 Å². The Balaban J connectivity index is 1.06. The Labute approximate surface area is 248 Å². The molecule has 1 fully saturated rings. The number of fused-ring (bicyclic) bond motifs is 3. The molecule has 0 spiro atoms. The van der Waals surface area contributed by atoms with E-state index in [1.165, 1.54) is 22.3 Å². The molecule has 2 aliphatic rings. The molecule has 2 unspecified atom stereocenters. The summed E-state index contributed by atoms with van der Waals surface area (Å²) >= 11 is 0. The van der Waals surface area contributed by atoms with Gasteiger partial charge in [-0.1, -0.05) is 67.0 Å². The number of nitrogens with zero attached hydrogens (tertiary/aromatic N) is 1. The van der Waals surface area contributed by atoms with Crippen molar-refractivity contribution in [2.24, 2.45) is 0 Å². The van der Waals surface area contributed by atoms with Gasteiger partial charge >= 0.3 is 0 Å². The van der Waals surface area contributed by atoms with Gasteiger partial charge in [0.25, 0.3) is 0 Å². The summed E-state index contributed by atoms with van der Waals surface area (Å²) in [6, 6.07) is 28.3. The molecule has 1 aliphatic heterocycles. The highest BCUT2D eigenvalue weighted by Crippen LogP contribution is 2.45. The molecule has 0 amide bonds. The van der Waals surface area contributed by atoms with Crippen molar-refractivity contribution in [2.45, 2.75) is 31.8 Å². The maximum absolute atomic E-state index is 7.10. The van der Waals surface area contributed by atoms with Gasteiger partial charge < -0.3 is 14.2 Å². The molecule has 0 bridgehead atoms. The van der Waals surface area contributed by atoms with Crippen LogP contribution in [-0.2, 0) is 9.47 Å². The van der Waals surface area contributed by atoms with Crippen molar-refractivity contribution >= 4 is 5.69 Å². The van der Waals surface area contributed by atoms with Gasteiger partial charge in [-0.25, -0.2) is 4.85 Å². The molecule has 0 saturated carbocycles. The van der Waals surface area contributed by atoms with Crippen molar-refractivity contribution in [2.75, 3.05) is 26.4 Å². The lowest BCUT2D eigenvalue weighted by molar-refractivity contribution is 0.110. The number of ether oxygens (including phenoxy) is 3. The maximum Gasteiger partial charge on any atom is 0.187 e. The van der Waals surface area contributed by atoms with Crippen molar-refractivity contribution < 1.29 is 14.2 Å². The Bertz CT molecular complexity index is 1740. The molecule has 4 heteroatoms. The van der Waals surface area contributed by atoms with Crippen LogP contribution in [0, 0.1) is 30.3 Å². The molecule has 4 aromatic rings. The van der Waals surface area contributed by atoms with Crippen molar-refractivity contribution in [1.29, 1.82) is 0 Å². The van der Waals surface area contributed by atoms with Gasteiger partial charge in [-0.2, -0.15) is 0 Å². The standard InChI is InChI=1S/C38H31NO3/c1-27-37-23-30(7-5-28-9-15-32(39-2)16-10-28)13-19-35(37)36-20-14-31(24-38(27)36)8-6-29-11-17-33(18-12-29)41-22-4-3-21-40-25-34-26-42-34/h9-20,23-24,27,34H,3-4,21-22,25-26H2,1H3. The van der Waals surface area contributed by atoms with Crippen LogP contribution < -0.4 is 4.74 Å². The summed E-state index contributed by atoms with van der Waals surface area (Å²) in [5.41, 5.74) is 9.61. The quantitative estimate of drug-likeness (QED) is 0.0976. The molecule has 0 radical (unpaired) electrons. The zero-order chi connectivity index (χ0) is 28.7. The minimum absolute atomic E-state index is 0.270. The normalized spacial score (nSPS) is 15.7. The van der Waals surface area contributed by atoms with Crippen LogP contribution in [0.2, 0.25) is 0 Å². The van der Waals surface area contributed by atoms with Gasteiger partial charge in [0.1, 0.15) is 11.9 Å². The molecule has 1 aliphatic carbocycles. The van der Waals surface area contributed by atoms with Crippen LogP contribution >= 0.6 is 0 Å². The second kappa shape index (κ2) is 12.8. The molecule has 4 aromatic carbocycles. The summed E-state index contributed by atoms with van der Waals surface area (Å²) in [7, 11) is 0. The number of benzene rings is 4. The number of hydrogen-bond donors (Lipinski definition) is 0. The Morgan fingerprint density at radius 2 is 1.26 bits per heavy atom. The van der Waals surface area contributed by atoms with Gasteiger partial charge in [0, 0.05) is 34.8 Å². The van der Waals surface area contributed by atoms with Crippen molar-refractivity contribution in [3.63, 3.8) is 0 Å². The smallest absolute Gasteiger partial charge is 0.187 e. The fourth-order valence-corrected chi connectivity index (χ4v) is 5.07. The Morgan fingerprint density at radius 1 is 0.738 bits per heavy atom. The van der Waals surface area contributed by atoms with Crippen LogP contribution in [-0.4, -0.2) is 32.5 Å². The van der Waals surface area contributed by atoms with E-state index in [-0.39, 0.29) is 5.92 Å². The molecule has 2 atom stereocenters. The second-order valence-corrected chi connectivity index (χ2v) is 10.6. The molecule has 4 nitrogen and oxygen atoms in total. The minimum Gasteiger partial charge on any atom is -0.494 e. The van der Waals surface area contributed by atoms with E-state index in [4.69, 9.17) is 20.8 Å². The number of hydrogen-bond acceptors (Lipinski definition) is 3. The number of unbranched alkanes of at least 4 members (excludes halogenated alkanes) is 1. The third-order valence-electron chi connectivity index (χ3n) is 7.54. The first-order chi connectivity index (χ1) is 20.7. The lowest BCUT2D eigenvalue weighted by Crippen LogP contribution is -2.04. The van der Waals surface area contributed by atoms with E-state index >= 15 is 0 Å². The zero-order valence-corrected chi connectivity index (χ0v) is 23.7. The molecule has 6 rings (SSSR count). The first kappa shape index (κ1) is 27.4. The highest BCUT2D eigenvalue weighted by atomic mass is 16.6. The monoisotopic (exact) mass is 549 g/mol. The Hall–Kier alpha value is -4.79. The van der Waals surface area contributed by atoms with Gasteiger partial charge in [0.2, 0.25) is 0 Å². The molecule has 42 heavy (non-hydrogen) atoms. The molecule has 1 saturated heterocycles. The number of epoxide rings is 1. The van der Waals surface area contributed by atoms with Crippen molar-refractivity contribution in [1.82, 2.24) is 0 Å². The zero-order valence-electron chi connectivity index (χ0n) is 23.7. The summed E-state index contributed by atoms with van der Waals surface area (Å²) in [5.74, 6) is 14.3. The summed E-state index contributed by atoms with van der Waals surface area (Å²) < 4.78 is 16.6. The average Bonchev–Trinajstić information content (AvgIpc) is 3.83. The number of rotatable bonds is 8. The molecule has 1 heterocycles. The predicted molar refractivity (Wildman–Crippen MR) is 166 cm³/mol. The van der Waals surface area contributed by atoms with Crippen LogP contribution in [0.3, 0.4) is 0 Å². The van der Waals surface area contributed by atoms with Crippen molar-refractivity contribution in [3.8, 4) is 40.6 Å². The van der Waals surface area contributed by atoms with Crippen LogP contribution in [0.4, 0.5) is 5.69 Å². The van der Waals surface area contributed by atoms with E-state index in [2.05, 4.69) is 71.8 Å². The fraction of sp³-hybridized carbons (Fsp3) is 0.237. The minimum atomic E-state index is 0.270. The van der Waals surface area contributed by atoms with E-state index in [0.29, 0.717) is 25.0 Å². The molecule has 0 aromatic heterocycles. The predicted octanol–water partition coefficient (Wildman–Crippen LogP) is 7.74. The van der Waals surface area contributed by atoms with Crippen LogP contribution in [0.25, 0.3) is 16.0 Å². The molecule has 206 valence electrons. The van der Waals surface area contributed by atoms with E-state index in [0.717, 1.165) is 54.1 Å². The summed E-state index contributed by atoms with van der Waals surface area (Å²) in [6.45, 7) is 12.3. The van der Waals surface area contributed by atoms with Gasteiger partial charge in [-0.15, -0.1) is 0 Å². The molecule has 0 N–H and O–H groups in total. The van der Waals surface area contributed by atoms with E-state index < -0.39 is 0 Å². The van der Waals surface area contributed by atoms with Crippen LogP contribution in [0.1, 0.15) is 59.1 Å². The molecular formula is C38H31NO3. The first-order valence-electron chi connectivity index (χ1n) is 14.4. The SMILES string of the molecule is [C-]#[N+]c1ccc(C#Cc2ccc3c(c2)C(C)c2cc(C#Cc4ccc(OCCCCOCC5CO5)cc4)ccc2-3)cc1. The summed E-state index contributed by atoms with van der Waals surface area (Å²) in [4.78, 5) is 3.44. The van der Waals surface area contributed by atoms with Crippen LogP contribution in [0.5, 0.6) is 5.75 Å². The Morgan fingerprint density at radius 3 is 1.83 bits per heavy atom. The van der Waals surface area contributed by atoms with E-state index in [9.17, 15) is 0 Å². The van der Waals surface area contributed by atoms with E-state index in [1.54, 1.807) is 12.1 Å².